The topological polar surface area (TPSA) is 59.0 Å². The highest BCUT2D eigenvalue weighted by molar-refractivity contribution is 5.79. The summed E-state index contributed by atoms with van der Waals surface area (Å²) in [5, 5.41) is 8.71. The van der Waals surface area contributed by atoms with Gasteiger partial charge in [0.05, 0.1) is 19.8 Å². The van der Waals surface area contributed by atoms with Gasteiger partial charge in [0, 0.05) is 25.2 Å². The van der Waals surface area contributed by atoms with E-state index in [4.69, 9.17) is 14.6 Å². The number of carboxylic acids is 1. The molecule has 118 valence electrons. The highest BCUT2D eigenvalue weighted by Crippen LogP contribution is 2.39. The van der Waals surface area contributed by atoms with Crippen LogP contribution in [0.1, 0.15) is 23.7 Å². The maximum Gasteiger partial charge on any atom is 0.328 e. The largest absolute Gasteiger partial charge is 0.497 e. The lowest BCUT2D eigenvalue weighted by Crippen LogP contribution is -2.49. The quantitative estimate of drug-likeness (QED) is 0.862. The third kappa shape index (κ3) is 3.00. The molecule has 1 aliphatic heterocycles. The van der Waals surface area contributed by atoms with Crippen LogP contribution in [-0.4, -0.2) is 48.8 Å². The number of morpholine rings is 1. The van der Waals surface area contributed by atoms with Gasteiger partial charge < -0.3 is 14.6 Å². The van der Waals surface area contributed by atoms with Crippen LogP contribution >= 0.6 is 0 Å². The van der Waals surface area contributed by atoms with E-state index in [0.29, 0.717) is 19.2 Å². The first-order chi connectivity index (χ1) is 10.7. The highest BCUT2D eigenvalue weighted by atomic mass is 16.5. The third-order valence-corrected chi connectivity index (χ3v) is 4.46. The Labute approximate surface area is 130 Å². The number of ether oxygens (including phenoxy) is 2. The van der Waals surface area contributed by atoms with Crippen molar-refractivity contribution < 1.29 is 19.4 Å². The lowest BCUT2D eigenvalue weighted by atomic mass is 9.84. The van der Waals surface area contributed by atoms with Crippen molar-refractivity contribution in [2.24, 2.45) is 0 Å². The Morgan fingerprint density at radius 1 is 1.55 bits per heavy atom. The Hall–Kier alpha value is -1.85. The molecule has 5 heteroatoms. The van der Waals surface area contributed by atoms with Crippen molar-refractivity contribution in [1.82, 2.24) is 4.90 Å². The molecule has 2 aliphatic rings. The summed E-state index contributed by atoms with van der Waals surface area (Å²) in [6, 6.07) is 6.49. The van der Waals surface area contributed by atoms with Gasteiger partial charge in [-0.15, -0.1) is 0 Å². The summed E-state index contributed by atoms with van der Waals surface area (Å²) in [5.74, 6) is -0.0137. The van der Waals surface area contributed by atoms with Crippen LogP contribution in [-0.2, 0) is 16.0 Å². The number of carbonyl (C=O) groups is 1. The molecule has 0 saturated carbocycles. The van der Waals surface area contributed by atoms with Crippen molar-refractivity contribution in [3.8, 4) is 5.75 Å². The molecule has 2 atom stereocenters. The zero-order chi connectivity index (χ0) is 15.5. The summed E-state index contributed by atoms with van der Waals surface area (Å²) in [6.45, 7) is 2.17. The van der Waals surface area contributed by atoms with E-state index in [1.807, 2.05) is 6.07 Å². The minimum absolute atomic E-state index is 0.0710. The van der Waals surface area contributed by atoms with Gasteiger partial charge >= 0.3 is 5.97 Å². The Kier molecular flexibility index (Phi) is 4.45. The Morgan fingerprint density at radius 2 is 2.41 bits per heavy atom. The molecule has 1 fully saturated rings. The summed E-state index contributed by atoms with van der Waals surface area (Å²) in [7, 11) is 1.68. The minimum atomic E-state index is -0.897. The number of hydrogen-bond donors (Lipinski definition) is 1. The van der Waals surface area contributed by atoms with Gasteiger partial charge in [-0.1, -0.05) is 12.1 Å². The van der Waals surface area contributed by atoms with Crippen molar-refractivity contribution in [3.63, 3.8) is 0 Å². The summed E-state index contributed by atoms with van der Waals surface area (Å²) < 4.78 is 11.3. The molecule has 0 amide bonds. The number of rotatable bonds is 4. The van der Waals surface area contributed by atoms with Gasteiger partial charge in [0.25, 0.3) is 0 Å². The molecule has 3 rings (SSSR count). The molecule has 0 spiro atoms. The average Bonchev–Trinajstić information content (AvgIpc) is 2.53. The smallest absolute Gasteiger partial charge is 0.328 e. The van der Waals surface area contributed by atoms with Gasteiger partial charge in [-0.05, 0) is 36.1 Å². The first-order valence-corrected chi connectivity index (χ1v) is 7.61. The predicted molar refractivity (Wildman–Crippen MR) is 82.1 cm³/mol. The number of aliphatic carboxylic acids is 1. The van der Waals surface area contributed by atoms with Crippen molar-refractivity contribution in [2.75, 3.05) is 26.8 Å². The molecule has 2 unspecified atom stereocenters. The number of nitrogens with zero attached hydrogens (tertiary/aromatic N) is 1. The highest BCUT2D eigenvalue weighted by Gasteiger charge is 2.36. The number of methoxy groups -OCH3 is 1. The molecular formula is C17H21NO4. The van der Waals surface area contributed by atoms with E-state index in [0.717, 1.165) is 25.1 Å². The zero-order valence-corrected chi connectivity index (χ0v) is 12.7. The first kappa shape index (κ1) is 15.1. The van der Waals surface area contributed by atoms with E-state index in [9.17, 15) is 4.79 Å². The zero-order valence-electron chi connectivity index (χ0n) is 12.7. The Morgan fingerprint density at radius 3 is 3.18 bits per heavy atom. The Bertz CT molecular complexity index is 584. The molecule has 1 aromatic rings. The maximum atomic E-state index is 10.6. The molecule has 0 bridgehead atoms. The van der Waals surface area contributed by atoms with Crippen molar-refractivity contribution in [1.29, 1.82) is 0 Å². The van der Waals surface area contributed by atoms with Gasteiger partial charge in [-0.25, -0.2) is 4.79 Å². The van der Waals surface area contributed by atoms with E-state index in [1.165, 1.54) is 17.2 Å². The fourth-order valence-electron chi connectivity index (χ4n) is 3.42. The number of benzene rings is 1. The second-order valence-electron chi connectivity index (χ2n) is 5.70. The van der Waals surface area contributed by atoms with Crippen molar-refractivity contribution >= 4 is 5.97 Å². The standard InChI is InChI=1S/C17H21NO4/c1-21-13-5-6-14-12(11-13)4-7-15-17(14)22-10-9-18(15)8-2-3-16(19)20/h2-3,5-6,11,15,17H,4,7-10H2,1H3,(H,19,20)/b3-2+. The van der Waals surface area contributed by atoms with Crippen molar-refractivity contribution in [3.05, 3.63) is 41.5 Å². The fraction of sp³-hybridized carbons (Fsp3) is 0.471. The van der Waals surface area contributed by atoms with Gasteiger partial charge in [0.2, 0.25) is 0 Å². The maximum absolute atomic E-state index is 10.6. The van der Waals surface area contributed by atoms with Crippen LogP contribution in [0.2, 0.25) is 0 Å². The summed E-state index contributed by atoms with van der Waals surface area (Å²) in [4.78, 5) is 12.9. The lowest BCUT2D eigenvalue weighted by Gasteiger charge is -2.44. The second-order valence-corrected chi connectivity index (χ2v) is 5.70. The molecule has 0 aromatic heterocycles. The number of fused-ring (bicyclic) bond motifs is 3. The summed E-state index contributed by atoms with van der Waals surface area (Å²) in [6.07, 6.45) is 5.02. The monoisotopic (exact) mass is 303 g/mol. The number of carboxylic acid groups (broad SMARTS) is 1. The normalized spacial score (nSPS) is 24.8. The van der Waals surface area contributed by atoms with Gasteiger partial charge in [-0.2, -0.15) is 0 Å². The number of hydrogen-bond acceptors (Lipinski definition) is 4. The molecule has 1 N–H and O–H groups in total. The minimum Gasteiger partial charge on any atom is -0.497 e. The van der Waals surface area contributed by atoms with Gasteiger partial charge in [-0.3, -0.25) is 4.90 Å². The molecular weight excluding hydrogens is 282 g/mol. The Balaban J connectivity index is 1.78. The molecule has 0 radical (unpaired) electrons. The third-order valence-electron chi connectivity index (χ3n) is 4.46. The van der Waals surface area contributed by atoms with Crippen molar-refractivity contribution in [2.45, 2.75) is 25.0 Å². The van der Waals surface area contributed by atoms with E-state index >= 15 is 0 Å². The van der Waals surface area contributed by atoms with E-state index in [-0.39, 0.29) is 6.10 Å². The molecule has 5 nitrogen and oxygen atoms in total. The fourth-order valence-corrected chi connectivity index (χ4v) is 3.42. The van der Waals surface area contributed by atoms with Crippen LogP contribution in [0.4, 0.5) is 0 Å². The SMILES string of the molecule is COc1ccc2c(c1)CCC1C2OCCN1C/C=C/C(=O)O. The van der Waals surface area contributed by atoms with Crippen LogP contribution in [0.5, 0.6) is 5.75 Å². The van der Waals surface area contributed by atoms with Crippen LogP contribution < -0.4 is 4.74 Å². The van der Waals surface area contributed by atoms with Gasteiger partial charge in [0.15, 0.2) is 0 Å². The van der Waals surface area contributed by atoms with E-state index < -0.39 is 5.97 Å². The molecule has 1 aromatic carbocycles. The van der Waals surface area contributed by atoms with Crippen LogP contribution in [0.15, 0.2) is 30.4 Å². The molecule has 1 aliphatic carbocycles. The van der Waals surface area contributed by atoms with Crippen LogP contribution in [0.3, 0.4) is 0 Å². The van der Waals surface area contributed by atoms with E-state index in [1.54, 1.807) is 13.2 Å². The average molecular weight is 303 g/mol. The van der Waals surface area contributed by atoms with Crippen LogP contribution in [0.25, 0.3) is 0 Å². The lowest BCUT2D eigenvalue weighted by molar-refractivity contribution is -0.131. The molecule has 1 saturated heterocycles. The summed E-state index contributed by atoms with van der Waals surface area (Å²) in [5.41, 5.74) is 2.53. The van der Waals surface area contributed by atoms with Gasteiger partial charge in [0.1, 0.15) is 5.75 Å². The van der Waals surface area contributed by atoms with Crippen LogP contribution in [0, 0.1) is 0 Å². The summed E-state index contributed by atoms with van der Waals surface area (Å²) >= 11 is 0. The number of aryl methyl sites for hydroxylation is 1. The predicted octanol–water partition coefficient (Wildman–Crippen LogP) is 2.02. The first-order valence-electron chi connectivity index (χ1n) is 7.61. The molecule has 22 heavy (non-hydrogen) atoms. The van der Waals surface area contributed by atoms with E-state index in [2.05, 4.69) is 17.0 Å². The molecule has 1 heterocycles. The second kappa shape index (κ2) is 6.50.